The second-order valence-electron chi connectivity index (χ2n) is 4.43. The van der Waals surface area contributed by atoms with E-state index in [1.807, 2.05) is 12.2 Å². The smallest absolute Gasteiger partial charge is 0.0667 e. The van der Waals surface area contributed by atoms with Crippen LogP contribution < -0.4 is 5.73 Å². The Morgan fingerprint density at radius 2 is 2.17 bits per heavy atom. The molecule has 0 saturated carbocycles. The van der Waals surface area contributed by atoms with Crippen molar-refractivity contribution >= 4 is 0 Å². The molecule has 2 heteroatoms. The zero-order valence-electron chi connectivity index (χ0n) is 10.7. The molecular formula is C16H20N2. The first-order valence-electron chi connectivity index (χ1n) is 6.31. The van der Waals surface area contributed by atoms with Crippen LogP contribution in [-0.4, -0.2) is 18.0 Å². The summed E-state index contributed by atoms with van der Waals surface area (Å²) in [7, 11) is 0. The Balaban J connectivity index is 2.39. The molecule has 1 aromatic carbocycles. The van der Waals surface area contributed by atoms with Gasteiger partial charge in [-0.05, 0) is 29.7 Å². The van der Waals surface area contributed by atoms with Crippen LogP contribution in [-0.2, 0) is 6.42 Å². The van der Waals surface area contributed by atoms with Gasteiger partial charge in [0.2, 0.25) is 0 Å². The van der Waals surface area contributed by atoms with Crippen molar-refractivity contribution in [1.82, 2.24) is 4.90 Å². The number of fused-ring (bicyclic) bond motifs is 1. The third-order valence-corrected chi connectivity index (χ3v) is 3.47. The molecular weight excluding hydrogens is 220 g/mol. The molecule has 18 heavy (non-hydrogen) atoms. The van der Waals surface area contributed by atoms with Crippen LogP contribution in [0.2, 0.25) is 0 Å². The highest BCUT2D eigenvalue weighted by atomic mass is 15.2. The van der Waals surface area contributed by atoms with Crippen molar-refractivity contribution < 1.29 is 0 Å². The molecule has 0 radical (unpaired) electrons. The highest BCUT2D eigenvalue weighted by Gasteiger charge is 2.26. The molecule has 0 aromatic heterocycles. The maximum Gasteiger partial charge on any atom is 0.0667 e. The minimum atomic E-state index is 0.235. The number of nitrogens with zero attached hydrogens (tertiary/aromatic N) is 1. The van der Waals surface area contributed by atoms with Gasteiger partial charge in [-0.3, -0.25) is 0 Å². The van der Waals surface area contributed by atoms with E-state index >= 15 is 0 Å². The topological polar surface area (TPSA) is 29.3 Å². The fraction of sp³-hybridized carbons (Fsp3) is 0.250. The molecule has 94 valence electrons. The van der Waals surface area contributed by atoms with E-state index in [4.69, 9.17) is 5.73 Å². The van der Waals surface area contributed by atoms with E-state index in [1.165, 1.54) is 11.1 Å². The summed E-state index contributed by atoms with van der Waals surface area (Å²) in [6.45, 7) is 9.22. The first-order chi connectivity index (χ1) is 8.81. The van der Waals surface area contributed by atoms with Crippen LogP contribution in [0.5, 0.6) is 0 Å². The molecule has 2 rings (SSSR count). The van der Waals surface area contributed by atoms with Crippen molar-refractivity contribution in [3.05, 3.63) is 72.5 Å². The number of allylic oxidation sites excluding steroid dienone is 3. The summed E-state index contributed by atoms with van der Waals surface area (Å²) in [6, 6.07) is 8.78. The van der Waals surface area contributed by atoms with E-state index in [9.17, 15) is 0 Å². The normalized spacial score (nSPS) is 19.3. The number of benzene rings is 1. The summed E-state index contributed by atoms with van der Waals surface area (Å²) >= 11 is 0. The van der Waals surface area contributed by atoms with E-state index in [0.717, 1.165) is 18.7 Å². The molecule has 2 nitrogen and oxygen atoms in total. The van der Waals surface area contributed by atoms with Crippen molar-refractivity contribution in [3.8, 4) is 0 Å². The summed E-state index contributed by atoms with van der Waals surface area (Å²) in [5.74, 6) is 0. The molecule has 0 saturated heterocycles. The van der Waals surface area contributed by atoms with Gasteiger partial charge < -0.3 is 10.6 Å². The lowest BCUT2D eigenvalue weighted by atomic mass is 9.92. The molecule has 2 N–H and O–H groups in total. The van der Waals surface area contributed by atoms with E-state index in [2.05, 4.69) is 42.3 Å². The van der Waals surface area contributed by atoms with Crippen LogP contribution in [0.25, 0.3) is 0 Å². The third kappa shape index (κ3) is 2.24. The van der Waals surface area contributed by atoms with Gasteiger partial charge in [0.1, 0.15) is 0 Å². The van der Waals surface area contributed by atoms with E-state index < -0.39 is 0 Å². The molecule has 0 fully saturated rings. The highest BCUT2D eigenvalue weighted by Crippen LogP contribution is 2.31. The summed E-state index contributed by atoms with van der Waals surface area (Å²) in [5, 5.41) is 0. The van der Waals surface area contributed by atoms with Crippen molar-refractivity contribution in [2.45, 2.75) is 12.5 Å². The average molecular weight is 240 g/mol. The maximum absolute atomic E-state index is 5.97. The fourth-order valence-electron chi connectivity index (χ4n) is 2.62. The first-order valence-corrected chi connectivity index (χ1v) is 6.31. The third-order valence-electron chi connectivity index (χ3n) is 3.47. The van der Waals surface area contributed by atoms with Gasteiger partial charge in [-0.25, -0.2) is 0 Å². The van der Waals surface area contributed by atoms with Gasteiger partial charge in [-0.15, -0.1) is 0 Å². The first kappa shape index (κ1) is 12.7. The zero-order valence-corrected chi connectivity index (χ0v) is 10.7. The van der Waals surface area contributed by atoms with Gasteiger partial charge in [0.05, 0.1) is 6.04 Å². The summed E-state index contributed by atoms with van der Waals surface area (Å²) < 4.78 is 0. The van der Waals surface area contributed by atoms with Gasteiger partial charge in [-0.2, -0.15) is 0 Å². The highest BCUT2D eigenvalue weighted by molar-refractivity contribution is 5.35. The fourth-order valence-corrected chi connectivity index (χ4v) is 2.62. The Labute approximate surface area is 109 Å². The van der Waals surface area contributed by atoms with Crippen molar-refractivity contribution in [2.75, 3.05) is 13.1 Å². The molecule has 0 spiro atoms. The van der Waals surface area contributed by atoms with Crippen LogP contribution >= 0.6 is 0 Å². The quantitative estimate of drug-likeness (QED) is 0.820. The van der Waals surface area contributed by atoms with Gasteiger partial charge in [0.25, 0.3) is 0 Å². The van der Waals surface area contributed by atoms with Gasteiger partial charge in [-0.1, -0.05) is 43.5 Å². The predicted octanol–water partition coefficient (Wildman–Crippen LogP) is 2.80. The molecule has 1 atom stereocenters. The van der Waals surface area contributed by atoms with Crippen molar-refractivity contribution in [3.63, 3.8) is 0 Å². The second kappa shape index (κ2) is 5.69. The Morgan fingerprint density at radius 3 is 2.83 bits per heavy atom. The lowest BCUT2D eigenvalue weighted by molar-refractivity contribution is 0.253. The maximum atomic E-state index is 5.97. The Bertz CT molecular complexity index is 474. The van der Waals surface area contributed by atoms with E-state index in [-0.39, 0.29) is 6.04 Å². The van der Waals surface area contributed by atoms with Crippen LogP contribution in [0, 0.1) is 0 Å². The average Bonchev–Trinajstić information content (AvgIpc) is 2.43. The van der Waals surface area contributed by atoms with Crippen LogP contribution in [0.1, 0.15) is 17.2 Å². The molecule has 0 amide bonds. The predicted molar refractivity (Wildman–Crippen MR) is 77.1 cm³/mol. The summed E-state index contributed by atoms with van der Waals surface area (Å²) in [4.78, 5) is 2.32. The molecule has 1 aromatic rings. The molecule has 1 aliphatic rings. The molecule has 0 aliphatic carbocycles. The Kier molecular flexibility index (Phi) is 4.00. The van der Waals surface area contributed by atoms with E-state index in [0.29, 0.717) is 6.54 Å². The van der Waals surface area contributed by atoms with Crippen molar-refractivity contribution in [2.24, 2.45) is 5.73 Å². The van der Waals surface area contributed by atoms with Crippen LogP contribution in [0.3, 0.4) is 0 Å². The van der Waals surface area contributed by atoms with Crippen LogP contribution in [0.15, 0.2) is 61.3 Å². The Morgan fingerprint density at radius 1 is 1.39 bits per heavy atom. The van der Waals surface area contributed by atoms with Gasteiger partial charge >= 0.3 is 0 Å². The minimum Gasteiger partial charge on any atom is -0.363 e. The Hall–Kier alpha value is -1.80. The number of hydrogen-bond donors (Lipinski definition) is 1. The summed E-state index contributed by atoms with van der Waals surface area (Å²) in [6.07, 6.45) is 6.71. The molecule has 1 unspecified atom stereocenters. The van der Waals surface area contributed by atoms with Crippen LogP contribution in [0.4, 0.5) is 0 Å². The monoisotopic (exact) mass is 240 g/mol. The number of rotatable bonds is 4. The zero-order chi connectivity index (χ0) is 13.0. The second-order valence-corrected chi connectivity index (χ2v) is 4.43. The van der Waals surface area contributed by atoms with Crippen molar-refractivity contribution in [1.29, 1.82) is 0 Å². The molecule has 1 aliphatic heterocycles. The lowest BCUT2D eigenvalue weighted by Crippen LogP contribution is -2.38. The standard InChI is InChI=1S/C16H20N2/c1-3-7-14(4-2)18-11-10-13-8-5-6-9-15(13)16(18)12-17/h3-9,16H,1-2,10-12,17H2/b14-7+. The minimum absolute atomic E-state index is 0.235. The number of hydrogen-bond acceptors (Lipinski definition) is 2. The number of nitrogens with two attached hydrogens (primary N) is 1. The SMILES string of the molecule is C=C/C=C(\C=C)N1CCc2ccccc2C1CN. The van der Waals surface area contributed by atoms with E-state index in [1.54, 1.807) is 6.08 Å². The van der Waals surface area contributed by atoms with Gasteiger partial charge in [0, 0.05) is 18.8 Å². The van der Waals surface area contributed by atoms with Gasteiger partial charge in [0.15, 0.2) is 0 Å². The molecule has 0 bridgehead atoms. The largest absolute Gasteiger partial charge is 0.363 e. The molecule has 1 heterocycles. The summed E-state index contributed by atoms with van der Waals surface area (Å²) in [5.41, 5.74) is 9.81. The lowest BCUT2D eigenvalue weighted by Gasteiger charge is -2.39.